The van der Waals surface area contributed by atoms with Gasteiger partial charge in [0.1, 0.15) is 0 Å². The Kier molecular flexibility index (Phi) is 3.64. The lowest BCUT2D eigenvalue weighted by Crippen LogP contribution is -2.20. The minimum absolute atomic E-state index is 0.0850. The third-order valence-electron chi connectivity index (χ3n) is 1.69. The first-order chi connectivity index (χ1) is 6.67. The lowest BCUT2D eigenvalue weighted by Gasteiger charge is -2.12. The SMILES string of the molecule is COc1ccc(F)c(NC(C)CO)n1. The monoisotopic (exact) mass is 200 g/mol. The van der Waals surface area contributed by atoms with Gasteiger partial charge in [-0.25, -0.2) is 4.39 Å². The largest absolute Gasteiger partial charge is 0.481 e. The molecule has 0 spiro atoms. The second kappa shape index (κ2) is 4.76. The van der Waals surface area contributed by atoms with Crippen molar-refractivity contribution in [2.45, 2.75) is 13.0 Å². The van der Waals surface area contributed by atoms with Gasteiger partial charge in [-0.2, -0.15) is 4.98 Å². The maximum atomic E-state index is 13.1. The van der Waals surface area contributed by atoms with E-state index in [4.69, 9.17) is 9.84 Å². The zero-order chi connectivity index (χ0) is 10.6. The van der Waals surface area contributed by atoms with E-state index in [-0.39, 0.29) is 18.5 Å². The van der Waals surface area contributed by atoms with Crippen LogP contribution in [0.15, 0.2) is 12.1 Å². The number of halogens is 1. The highest BCUT2D eigenvalue weighted by molar-refractivity contribution is 5.39. The molecule has 1 atom stereocenters. The molecule has 0 bridgehead atoms. The van der Waals surface area contributed by atoms with Crippen molar-refractivity contribution in [3.8, 4) is 5.88 Å². The molecule has 5 heteroatoms. The number of nitrogens with zero attached hydrogens (tertiary/aromatic N) is 1. The van der Waals surface area contributed by atoms with Crippen molar-refractivity contribution in [3.05, 3.63) is 17.9 Å². The van der Waals surface area contributed by atoms with Gasteiger partial charge < -0.3 is 15.2 Å². The molecular formula is C9H13FN2O2. The van der Waals surface area contributed by atoms with E-state index in [9.17, 15) is 4.39 Å². The molecule has 1 heterocycles. The first-order valence-electron chi connectivity index (χ1n) is 4.25. The maximum absolute atomic E-state index is 13.1. The zero-order valence-electron chi connectivity index (χ0n) is 8.12. The summed E-state index contributed by atoms with van der Waals surface area (Å²) >= 11 is 0. The molecule has 1 rings (SSSR count). The summed E-state index contributed by atoms with van der Waals surface area (Å²) in [5.74, 6) is -0.0453. The summed E-state index contributed by atoms with van der Waals surface area (Å²) in [7, 11) is 1.46. The molecular weight excluding hydrogens is 187 g/mol. The molecule has 14 heavy (non-hydrogen) atoms. The highest BCUT2D eigenvalue weighted by atomic mass is 19.1. The van der Waals surface area contributed by atoms with Crippen LogP contribution in [0, 0.1) is 5.82 Å². The average Bonchev–Trinajstić information content (AvgIpc) is 2.21. The molecule has 0 aliphatic rings. The second-order valence-electron chi connectivity index (χ2n) is 2.91. The van der Waals surface area contributed by atoms with Gasteiger partial charge in [-0.15, -0.1) is 0 Å². The number of hydrogen-bond donors (Lipinski definition) is 2. The summed E-state index contributed by atoms with van der Waals surface area (Å²) in [6.45, 7) is 1.64. The normalized spacial score (nSPS) is 12.3. The Morgan fingerprint density at radius 2 is 2.36 bits per heavy atom. The third kappa shape index (κ3) is 2.56. The Morgan fingerprint density at radius 1 is 1.64 bits per heavy atom. The molecule has 2 N–H and O–H groups in total. The smallest absolute Gasteiger partial charge is 0.215 e. The second-order valence-corrected chi connectivity index (χ2v) is 2.91. The van der Waals surface area contributed by atoms with Crippen LogP contribution in [0.2, 0.25) is 0 Å². The van der Waals surface area contributed by atoms with Crippen molar-refractivity contribution < 1.29 is 14.2 Å². The number of aromatic nitrogens is 1. The van der Waals surface area contributed by atoms with Gasteiger partial charge in [0, 0.05) is 12.1 Å². The van der Waals surface area contributed by atoms with Crippen LogP contribution in [-0.4, -0.2) is 29.8 Å². The minimum atomic E-state index is -0.467. The van der Waals surface area contributed by atoms with Crippen molar-refractivity contribution in [1.82, 2.24) is 4.98 Å². The highest BCUT2D eigenvalue weighted by Gasteiger charge is 2.08. The molecule has 0 aliphatic heterocycles. The fourth-order valence-corrected chi connectivity index (χ4v) is 0.918. The molecule has 0 fully saturated rings. The summed E-state index contributed by atoms with van der Waals surface area (Å²) in [4.78, 5) is 3.86. The van der Waals surface area contributed by atoms with Gasteiger partial charge in [-0.05, 0) is 13.0 Å². The summed E-state index contributed by atoms with van der Waals surface area (Å²) in [6, 6.07) is 2.45. The van der Waals surface area contributed by atoms with Gasteiger partial charge in [0.05, 0.1) is 13.7 Å². The van der Waals surface area contributed by atoms with Gasteiger partial charge in [0.15, 0.2) is 11.6 Å². The van der Waals surface area contributed by atoms with Gasteiger partial charge >= 0.3 is 0 Å². The van der Waals surface area contributed by atoms with Crippen LogP contribution in [0.4, 0.5) is 10.2 Å². The molecule has 0 saturated heterocycles. The van der Waals surface area contributed by atoms with Crippen molar-refractivity contribution >= 4 is 5.82 Å². The number of methoxy groups -OCH3 is 1. The van der Waals surface area contributed by atoms with E-state index in [1.54, 1.807) is 6.92 Å². The standard InChI is InChI=1S/C9H13FN2O2/c1-6(5-13)11-9-7(10)3-4-8(12-9)14-2/h3-4,6,13H,5H2,1-2H3,(H,11,12). The van der Waals surface area contributed by atoms with E-state index in [1.807, 2.05) is 0 Å². The van der Waals surface area contributed by atoms with Crippen LogP contribution in [-0.2, 0) is 0 Å². The zero-order valence-corrected chi connectivity index (χ0v) is 8.12. The number of ether oxygens (including phenoxy) is 1. The quantitative estimate of drug-likeness (QED) is 0.762. The number of nitrogens with one attached hydrogen (secondary N) is 1. The molecule has 0 saturated carbocycles. The van der Waals surface area contributed by atoms with Crippen LogP contribution < -0.4 is 10.1 Å². The van der Waals surface area contributed by atoms with Gasteiger partial charge in [-0.1, -0.05) is 0 Å². The molecule has 0 amide bonds. The van der Waals surface area contributed by atoms with Gasteiger partial charge in [0.2, 0.25) is 5.88 Å². The van der Waals surface area contributed by atoms with E-state index in [0.717, 1.165) is 0 Å². The number of pyridine rings is 1. The van der Waals surface area contributed by atoms with E-state index >= 15 is 0 Å². The predicted molar refractivity (Wildman–Crippen MR) is 50.9 cm³/mol. The lowest BCUT2D eigenvalue weighted by atomic mass is 10.3. The van der Waals surface area contributed by atoms with E-state index in [1.165, 1.54) is 19.2 Å². The number of rotatable bonds is 4. The highest BCUT2D eigenvalue weighted by Crippen LogP contribution is 2.16. The third-order valence-corrected chi connectivity index (χ3v) is 1.69. The topological polar surface area (TPSA) is 54.4 Å². The van der Waals surface area contributed by atoms with Crippen molar-refractivity contribution in [2.75, 3.05) is 19.0 Å². The molecule has 4 nitrogen and oxygen atoms in total. The molecule has 1 aromatic heterocycles. The number of aliphatic hydroxyl groups excluding tert-OH is 1. The Labute approximate surface area is 81.7 Å². The van der Waals surface area contributed by atoms with Gasteiger partial charge in [0.25, 0.3) is 0 Å². The number of aliphatic hydroxyl groups is 1. The first kappa shape index (κ1) is 10.7. The van der Waals surface area contributed by atoms with Crippen LogP contribution in [0.1, 0.15) is 6.92 Å². The summed E-state index contributed by atoms with van der Waals surface area (Å²) in [5.41, 5.74) is 0. The molecule has 0 aromatic carbocycles. The van der Waals surface area contributed by atoms with E-state index in [2.05, 4.69) is 10.3 Å². The molecule has 0 aliphatic carbocycles. The van der Waals surface area contributed by atoms with Crippen LogP contribution in [0.5, 0.6) is 5.88 Å². The molecule has 1 unspecified atom stereocenters. The molecule has 78 valence electrons. The van der Waals surface area contributed by atoms with Crippen LogP contribution in [0.25, 0.3) is 0 Å². The Bertz CT molecular complexity index is 307. The fraction of sp³-hybridized carbons (Fsp3) is 0.444. The van der Waals surface area contributed by atoms with E-state index in [0.29, 0.717) is 5.88 Å². The van der Waals surface area contributed by atoms with Crippen molar-refractivity contribution in [1.29, 1.82) is 0 Å². The average molecular weight is 200 g/mol. The summed E-state index contributed by atoms with van der Waals surface area (Å²) in [6.07, 6.45) is 0. The molecule has 0 radical (unpaired) electrons. The maximum Gasteiger partial charge on any atom is 0.215 e. The summed E-state index contributed by atoms with van der Waals surface area (Å²) in [5, 5.41) is 11.5. The lowest BCUT2D eigenvalue weighted by molar-refractivity contribution is 0.281. The minimum Gasteiger partial charge on any atom is -0.481 e. The number of anilines is 1. The van der Waals surface area contributed by atoms with Crippen molar-refractivity contribution in [3.63, 3.8) is 0 Å². The summed E-state index contributed by atoms with van der Waals surface area (Å²) < 4.78 is 18.0. The van der Waals surface area contributed by atoms with Crippen LogP contribution >= 0.6 is 0 Å². The Balaban J connectivity index is 2.83. The first-order valence-corrected chi connectivity index (χ1v) is 4.25. The van der Waals surface area contributed by atoms with Crippen LogP contribution in [0.3, 0.4) is 0 Å². The van der Waals surface area contributed by atoms with Crippen molar-refractivity contribution in [2.24, 2.45) is 0 Å². The predicted octanol–water partition coefficient (Wildman–Crippen LogP) is 1.02. The molecule has 1 aromatic rings. The fourth-order valence-electron chi connectivity index (χ4n) is 0.918. The Morgan fingerprint density at radius 3 is 2.93 bits per heavy atom. The van der Waals surface area contributed by atoms with Gasteiger partial charge in [-0.3, -0.25) is 0 Å². The number of hydrogen-bond acceptors (Lipinski definition) is 4. The Hall–Kier alpha value is -1.36. The van der Waals surface area contributed by atoms with E-state index < -0.39 is 5.82 Å².